The van der Waals surface area contributed by atoms with E-state index < -0.39 is 10.0 Å². The highest BCUT2D eigenvalue weighted by atomic mass is 79.9. The number of benzene rings is 1. The van der Waals surface area contributed by atoms with Gasteiger partial charge in [-0.15, -0.1) is 0 Å². The molecule has 19 heavy (non-hydrogen) atoms. The summed E-state index contributed by atoms with van der Waals surface area (Å²) in [5.41, 5.74) is 0. The van der Waals surface area contributed by atoms with Crippen LogP contribution in [0.15, 0.2) is 27.6 Å². The largest absolute Gasteiger partial charge is 0.375 e. The fraction of sp³-hybridized carbons (Fsp3) is 0.455. The Morgan fingerprint density at radius 1 is 1.47 bits per heavy atom. The van der Waals surface area contributed by atoms with Crippen LogP contribution >= 0.6 is 43.5 Å². The summed E-state index contributed by atoms with van der Waals surface area (Å²) in [6.45, 7) is 1.07. The average molecular weight is 434 g/mol. The van der Waals surface area contributed by atoms with E-state index >= 15 is 0 Å². The van der Waals surface area contributed by atoms with Crippen LogP contribution in [-0.2, 0) is 14.8 Å². The van der Waals surface area contributed by atoms with Gasteiger partial charge in [0.25, 0.3) is 0 Å². The van der Waals surface area contributed by atoms with Crippen molar-refractivity contribution in [3.63, 3.8) is 0 Å². The lowest BCUT2D eigenvalue weighted by Gasteiger charge is -2.31. The minimum absolute atomic E-state index is 0.127. The maximum atomic E-state index is 12.5. The first-order chi connectivity index (χ1) is 8.95. The van der Waals surface area contributed by atoms with Crippen LogP contribution in [0.2, 0.25) is 5.02 Å². The van der Waals surface area contributed by atoms with Gasteiger partial charge in [-0.05, 0) is 18.2 Å². The van der Waals surface area contributed by atoms with E-state index in [2.05, 4.69) is 31.9 Å². The van der Waals surface area contributed by atoms with Crippen LogP contribution in [0.1, 0.15) is 0 Å². The predicted octanol–water partition coefficient (Wildman–Crippen LogP) is 2.89. The summed E-state index contributed by atoms with van der Waals surface area (Å²) in [7, 11) is -3.57. The van der Waals surface area contributed by atoms with Crippen LogP contribution in [0.3, 0.4) is 0 Å². The standard InChI is InChI=1S/C11H12Br2ClNO3S/c12-6-9-7-15(3-4-18-9)19(16,17)11-2-1-8(13)5-10(11)14/h1-2,5,9H,3-4,6-7H2. The SMILES string of the molecule is O=S(=O)(c1ccc(Br)cc1Cl)N1CCOC(CBr)C1. The summed E-state index contributed by atoms with van der Waals surface area (Å²) in [4.78, 5) is 0.132. The molecule has 1 unspecified atom stereocenters. The Kier molecular flexibility index (Phi) is 5.30. The van der Waals surface area contributed by atoms with Crippen molar-refractivity contribution in [3.05, 3.63) is 27.7 Å². The average Bonchev–Trinajstić information content (AvgIpc) is 2.38. The van der Waals surface area contributed by atoms with Crippen molar-refractivity contribution in [2.45, 2.75) is 11.0 Å². The smallest absolute Gasteiger partial charge is 0.244 e. The lowest BCUT2D eigenvalue weighted by Crippen LogP contribution is -2.46. The number of morpholine rings is 1. The van der Waals surface area contributed by atoms with Crippen LogP contribution in [0.4, 0.5) is 0 Å². The molecule has 1 fully saturated rings. The maximum Gasteiger partial charge on any atom is 0.244 e. The monoisotopic (exact) mass is 431 g/mol. The highest BCUT2D eigenvalue weighted by molar-refractivity contribution is 9.10. The minimum atomic E-state index is -3.57. The van der Waals surface area contributed by atoms with E-state index in [0.29, 0.717) is 25.0 Å². The lowest BCUT2D eigenvalue weighted by atomic mass is 10.3. The van der Waals surface area contributed by atoms with Crippen molar-refractivity contribution in [2.75, 3.05) is 25.0 Å². The molecule has 0 radical (unpaired) electrons. The number of sulfonamides is 1. The van der Waals surface area contributed by atoms with Crippen molar-refractivity contribution >= 4 is 53.5 Å². The van der Waals surface area contributed by atoms with E-state index in [1.807, 2.05) is 0 Å². The Balaban J connectivity index is 2.31. The molecular weight excluding hydrogens is 421 g/mol. The van der Waals surface area contributed by atoms with Gasteiger partial charge < -0.3 is 4.74 Å². The van der Waals surface area contributed by atoms with Gasteiger partial charge in [0.15, 0.2) is 0 Å². The van der Waals surface area contributed by atoms with Crippen LogP contribution in [0, 0.1) is 0 Å². The molecule has 0 N–H and O–H groups in total. The van der Waals surface area contributed by atoms with Crippen molar-refractivity contribution in [1.82, 2.24) is 4.31 Å². The third kappa shape index (κ3) is 3.51. The molecule has 4 nitrogen and oxygen atoms in total. The van der Waals surface area contributed by atoms with Crippen LogP contribution < -0.4 is 0 Å². The Labute approximate surface area is 134 Å². The van der Waals surface area contributed by atoms with Gasteiger partial charge in [0.1, 0.15) is 4.90 Å². The number of nitrogens with zero attached hydrogens (tertiary/aromatic N) is 1. The molecule has 0 aromatic heterocycles. The molecule has 0 amide bonds. The van der Waals surface area contributed by atoms with Crippen LogP contribution in [0.5, 0.6) is 0 Å². The summed E-state index contributed by atoms with van der Waals surface area (Å²) in [5.74, 6) is 0. The Morgan fingerprint density at radius 2 is 2.21 bits per heavy atom. The van der Waals surface area contributed by atoms with Gasteiger partial charge in [-0.3, -0.25) is 0 Å². The summed E-state index contributed by atoms with van der Waals surface area (Å²) < 4.78 is 32.7. The highest BCUT2D eigenvalue weighted by Crippen LogP contribution is 2.28. The Hall–Kier alpha value is 0.340. The van der Waals surface area contributed by atoms with Gasteiger partial charge in [0.2, 0.25) is 10.0 Å². The molecule has 1 aromatic rings. The van der Waals surface area contributed by atoms with Gasteiger partial charge >= 0.3 is 0 Å². The summed E-state index contributed by atoms with van der Waals surface area (Å²) in [6.07, 6.45) is -0.127. The lowest BCUT2D eigenvalue weighted by molar-refractivity contribution is 0.0137. The van der Waals surface area contributed by atoms with Gasteiger partial charge in [-0.25, -0.2) is 8.42 Å². The topological polar surface area (TPSA) is 46.6 Å². The van der Waals surface area contributed by atoms with E-state index in [1.165, 1.54) is 10.4 Å². The van der Waals surface area contributed by atoms with Crippen molar-refractivity contribution in [1.29, 1.82) is 0 Å². The Morgan fingerprint density at radius 3 is 2.84 bits per heavy atom. The molecular formula is C11H12Br2ClNO3S. The normalized spacial score (nSPS) is 21.5. The molecule has 2 rings (SSSR count). The fourth-order valence-electron chi connectivity index (χ4n) is 1.83. The molecule has 1 aromatic carbocycles. The quantitative estimate of drug-likeness (QED) is 0.689. The number of hydrogen-bond donors (Lipinski definition) is 0. The van der Waals surface area contributed by atoms with E-state index in [-0.39, 0.29) is 16.0 Å². The van der Waals surface area contributed by atoms with Gasteiger partial charge in [0, 0.05) is 22.9 Å². The summed E-state index contributed by atoms with van der Waals surface area (Å²) >= 11 is 12.6. The minimum Gasteiger partial charge on any atom is -0.375 e. The fourth-order valence-corrected chi connectivity index (χ4v) is 4.69. The van der Waals surface area contributed by atoms with E-state index in [1.54, 1.807) is 12.1 Å². The molecule has 106 valence electrons. The zero-order valence-corrected chi connectivity index (χ0v) is 14.6. The molecule has 8 heteroatoms. The van der Waals surface area contributed by atoms with Gasteiger partial charge in [-0.1, -0.05) is 43.5 Å². The number of ether oxygens (including phenoxy) is 1. The molecule has 0 spiro atoms. The molecule has 0 bridgehead atoms. The zero-order chi connectivity index (χ0) is 14.0. The highest BCUT2D eigenvalue weighted by Gasteiger charge is 2.31. The summed E-state index contributed by atoms with van der Waals surface area (Å²) in [5, 5.41) is 0.823. The molecule has 1 aliphatic heterocycles. The first kappa shape index (κ1) is 15.7. The van der Waals surface area contributed by atoms with E-state index in [0.717, 1.165) is 4.47 Å². The van der Waals surface area contributed by atoms with E-state index in [4.69, 9.17) is 16.3 Å². The first-order valence-corrected chi connectivity index (χ1v) is 9.31. The molecule has 1 atom stereocenters. The third-order valence-electron chi connectivity index (χ3n) is 2.79. The second-order valence-corrected chi connectivity index (χ2v) is 7.96. The Bertz CT molecular complexity index is 567. The van der Waals surface area contributed by atoms with Crippen molar-refractivity contribution in [3.8, 4) is 0 Å². The number of hydrogen-bond acceptors (Lipinski definition) is 3. The van der Waals surface area contributed by atoms with Crippen molar-refractivity contribution < 1.29 is 13.2 Å². The maximum absolute atomic E-state index is 12.5. The number of halogens is 3. The first-order valence-electron chi connectivity index (χ1n) is 5.58. The second-order valence-electron chi connectivity index (χ2n) is 4.08. The molecule has 1 saturated heterocycles. The van der Waals surface area contributed by atoms with Crippen LogP contribution in [0.25, 0.3) is 0 Å². The number of rotatable bonds is 3. The van der Waals surface area contributed by atoms with Gasteiger partial charge in [0.05, 0.1) is 17.7 Å². The molecule has 0 aliphatic carbocycles. The van der Waals surface area contributed by atoms with Crippen molar-refractivity contribution in [2.24, 2.45) is 0 Å². The third-order valence-corrected chi connectivity index (χ3v) is 6.35. The molecule has 1 aliphatic rings. The zero-order valence-electron chi connectivity index (χ0n) is 9.85. The van der Waals surface area contributed by atoms with Gasteiger partial charge in [-0.2, -0.15) is 4.31 Å². The predicted molar refractivity (Wildman–Crippen MR) is 81.4 cm³/mol. The summed E-state index contributed by atoms with van der Waals surface area (Å²) in [6, 6.07) is 4.76. The second kappa shape index (κ2) is 6.41. The molecule has 0 saturated carbocycles. The van der Waals surface area contributed by atoms with E-state index in [9.17, 15) is 8.42 Å². The van der Waals surface area contributed by atoms with Crippen LogP contribution in [-0.4, -0.2) is 43.9 Å². The molecule has 1 heterocycles. The number of alkyl halides is 1.